The van der Waals surface area contributed by atoms with E-state index < -0.39 is 17.4 Å². The topological polar surface area (TPSA) is 107 Å². The fourth-order valence-corrected chi connectivity index (χ4v) is 6.74. The van der Waals surface area contributed by atoms with Crippen LogP contribution >= 0.6 is 11.8 Å². The highest BCUT2D eigenvalue weighted by Crippen LogP contribution is 2.51. The van der Waals surface area contributed by atoms with Crippen molar-refractivity contribution in [3.05, 3.63) is 71.9 Å². The lowest BCUT2D eigenvalue weighted by Crippen LogP contribution is -2.54. The van der Waals surface area contributed by atoms with Gasteiger partial charge in [0.25, 0.3) is 0 Å². The first-order valence-corrected chi connectivity index (χ1v) is 13.5. The number of thioether (sulfide) groups is 1. The molecule has 2 aromatic carbocycles. The molecule has 1 saturated heterocycles. The highest BCUT2D eigenvalue weighted by Gasteiger charge is 2.47. The van der Waals surface area contributed by atoms with E-state index in [-0.39, 0.29) is 18.0 Å². The van der Waals surface area contributed by atoms with Gasteiger partial charge in [0.1, 0.15) is 21.8 Å². The molecule has 4 atom stereocenters. The Bertz CT molecular complexity index is 1380. The number of aliphatic hydroxyl groups excluding tert-OH is 1. The number of pyridine rings is 1. The molecule has 38 heavy (non-hydrogen) atoms. The van der Waals surface area contributed by atoms with Gasteiger partial charge in [-0.15, -0.1) is 0 Å². The largest absolute Gasteiger partial charge is 0.457 e. The normalized spacial score (nSPS) is 24.5. The van der Waals surface area contributed by atoms with Crippen molar-refractivity contribution in [3.8, 4) is 11.5 Å². The predicted molar refractivity (Wildman–Crippen MR) is 145 cm³/mol. The average molecular weight is 532 g/mol. The SMILES string of the molecule is Cc1cc(Oc2ccccc2)ccc1N1C(=O)NC2c3c1ccnc3SC2C(=O)N[C@@H]1C[C@@H](O)CN(C)C1. The number of hydrogen-bond acceptors (Lipinski definition) is 7. The van der Waals surface area contributed by atoms with Crippen LogP contribution in [0.1, 0.15) is 23.6 Å². The number of aryl methyl sites for hydroxylation is 1. The van der Waals surface area contributed by atoms with Crippen molar-refractivity contribution in [2.45, 2.75) is 41.8 Å². The standard InChI is InChI=1S/C28H29N5O4S/c1-16-12-20(37-19-6-4-3-5-7-19)8-9-21(16)33-22-10-11-29-27-23(22)24(31-28(33)36)25(38-27)26(35)30-17-13-18(34)15-32(2)14-17/h3-12,17-18,24-25,34H,13-15H2,1-2H3,(H,30,35)(H,31,36)/t17-,18-,24?,25?/m1/s1. The first-order chi connectivity index (χ1) is 18.4. The summed E-state index contributed by atoms with van der Waals surface area (Å²) in [4.78, 5) is 35.0. The fraction of sp³-hybridized carbons (Fsp3) is 0.321. The quantitative estimate of drug-likeness (QED) is 0.461. The van der Waals surface area contributed by atoms with Gasteiger partial charge in [0, 0.05) is 30.9 Å². The van der Waals surface area contributed by atoms with E-state index in [1.54, 1.807) is 11.1 Å². The van der Waals surface area contributed by atoms with Gasteiger partial charge in [-0.2, -0.15) is 0 Å². The molecule has 0 bridgehead atoms. The molecular weight excluding hydrogens is 502 g/mol. The minimum atomic E-state index is -0.545. The number of β-amino-alcohol motifs (C(OH)–C–C–N with tert-alkyl or cyclic N) is 1. The Morgan fingerprint density at radius 3 is 2.71 bits per heavy atom. The smallest absolute Gasteiger partial charge is 0.327 e. The van der Waals surface area contributed by atoms with Crippen LogP contribution in [0.2, 0.25) is 0 Å². The van der Waals surface area contributed by atoms with Crippen molar-refractivity contribution >= 4 is 35.1 Å². The van der Waals surface area contributed by atoms with E-state index >= 15 is 0 Å². The summed E-state index contributed by atoms with van der Waals surface area (Å²) in [6.07, 6.45) is 1.72. The number of ether oxygens (including phenoxy) is 1. The van der Waals surface area contributed by atoms with Gasteiger partial charge in [0.2, 0.25) is 5.91 Å². The van der Waals surface area contributed by atoms with Crippen LogP contribution in [0.25, 0.3) is 0 Å². The second-order valence-corrected chi connectivity index (χ2v) is 11.2. The zero-order valence-electron chi connectivity index (χ0n) is 21.1. The number of likely N-dealkylation sites (N-methyl/N-ethyl adjacent to an activating group) is 1. The average Bonchev–Trinajstić information content (AvgIpc) is 3.25. The number of benzene rings is 2. The Hall–Kier alpha value is -3.60. The molecule has 10 heteroatoms. The summed E-state index contributed by atoms with van der Waals surface area (Å²) in [7, 11) is 1.93. The van der Waals surface area contributed by atoms with E-state index in [4.69, 9.17) is 4.74 Å². The van der Waals surface area contributed by atoms with Crippen LogP contribution in [0, 0.1) is 6.92 Å². The van der Waals surface area contributed by atoms with E-state index in [1.807, 2.05) is 73.5 Å². The molecule has 0 spiro atoms. The Morgan fingerprint density at radius 1 is 1.13 bits per heavy atom. The summed E-state index contributed by atoms with van der Waals surface area (Å²) in [5, 5.41) is 16.5. The highest BCUT2D eigenvalue weighted by atomic mass is 32.2. The Kier molecular flexibility index (Phi) is 6.46. The number of carbonyl (C=O) groups is 2. The third-order valence-electron chi connectivity index (χ3n) is 7.11. The highest BCUT2D eigenvalue weighted by molar-refractivity contribution is 8.01. The maximum Gasteiger partial charge on any atom is 0.327 e. The van der Waals surface area contributed by atoms with Crippen LogP contribution in [0.15, 0.2) is 65.8 Å². The number of carbonyl (C=O) groups excluding carboxylic acids is 2. The molecule has 3 aromatic rings. The summed E-state index contributed by atoms with van der Waals surface area (Å²) >= 11 is 1.37. The molecule has 0 radical (unpaired) electrons. The van der Waals surface area contributed by atoms with E-state index in [9.17, 15) is 14.7 Å². The van der Waals surface area contributed by atoms with Crippen LogP contribution in [0.3, 0.4) is 0 Å². The lowest BCUT2D eigenvalue weighted by molar-refractivity contribution is -0.122. The van der Waals surface area contributed by atoms with E-state index in [0.29, 0.717) is 25.3 Å². The summed E-state index contributed by atoms with van der Waals surface area (Å²) in [6.45, 7) is 3.20. The van der Waals surface area contributed by atoms with Gasteiger partial charge >= 0.3 is 6.03 Å². The molecule has 6 rings (SSSR count). The lowest BCUT2D eigenvalue weighted by Gasteiger charge is -2.36. The van der Waals surface area contributed by atoms with Crippen molar-refractivity contribution in [2.24, 2.45) is 0 Å². The number of aliphatic hydroxyl groups is 1. The van der Waals surface area contributed by atoms with Crippen molar-refractivity contribution in [3.63, 3.8) is 0 Å². The van der Waals surface area contributed by atoms with E-state index in [1.165, 1.54) is 11.8 Å². The molecule has 1 aromatic heterocycles. The van der Waals surface area contributed by atoms with Crippen LogP contribution in [0.4, 0.5) is 16.2 Å². The van der Waals surface area contributed by atoms with Crippen molar-refractivity contribution in [1.82, 2.24) is 20.5 Å². The number of amides is 3. The van der Waals surface area contributed by atoms with Gasteiger partial charge in [-0.1, -0.05) is 30.0 Å². The number of anilines is 2. The minimum Gasteiger partial charge on any atom is -0.457 e. The van der Waals surface area contributed by atoms with Crippen molar-refractivity contribution < 1.29 is 19.4 Å². The zero-order chi connectivity index (χ0) is 26.4. The number of nitrogens with one attached hydrogen (secondary N) is 2. The summed E-state index contributed by atoms with van der Waals surface area (Å²) < 4.78 is 5.96. The van der Waals surface area contributed by atoms with Gasteiger partial charge in [0.05, 0.1) is 23.5 Å². The second-order valence-electron chi connectivity index (χ2n) is 10.0. The van der Waals surface area contributed by atoms with Crippen LogP contribution in [-0.4, -0.2) is 64.5 Å². The number of urea groups is 1. The molecule has 3 aliphatic heterocycles. The minimum absolute atomic E-state index is 0.150. The van der Waals surface area contributed by atoms with Crippen LogP contribution < -0.4 is 20.3 Å². The number of para-hydroxylation sites is 1. The summed E-state index contributed by atoms with van der Waals surface area (Å²) in [6, 6.07) is 16.0. The van der Waals surface area contributed by atoms with Gasteiger partial charge in [-0.05, 0) is 62.4 Å². The van der Waals surface area contributed by atoms with Crippen molar-refractivity contribution in [2.75, 3.05) is 25.0 Å². The van der Waals surface area contributed by atoms with Crippen LogP contribution in [-0.2, 0) is 4.79 Å². The molecule has 9 nitrogen and oxygen atoms in total. The number of piperidine rings is 1. The van der Waals surface area contributed by atoms with Gasteiger partial charge in [-0.3, -0.25) is 9.69 Å². The number of hydrogen-bond donors (Lipinski definition) is 3. The monoisotopic (exact) mass is 531 g/mol. The van der Waals surface area contributed by atoms with Gasteiger partial charge in [-0.25, -0.2) is 9.78 Å². The predicted octanol–water partition coefficient (Wildman–Crippen LogP) is 3.74. The van der Waals surface area contributed by atoms with Gasteiger partial charge < -0.3 is 25.4 Å². The first kappa shape index (κ1) is 24.7. The maximum atomic E-state index is 13.5. The molecule has 3 amide bonds. The summed E-state index contributed by atoms with van der Waals surface area (Å²) in [5.41, 5.74) is 3.17. The first-order valence-electron chi connectivity index (χ1n) is 12.6. The maximum absolute atomic E-state index is 13.5. The third kappa shape index (κ3) is 4.59. The van der Waals surface area contributed by atoms with Crippen molar-refractivity contribution in [1.29, 1.82) is 0 Å². The van der Waals surface area contributed by atoms with E-state index in [0.717, 1.165) is 33.3 Å². The Morgan fingerprint density at radius 2 is 1.95 bits per heavy atom. The van der Waals surface area contributed by atoms with Gasteiger partial charge in [0.15, 0.2) is 0 Å². The molecule has 2 unspecified atom stereocenters. The molecule has 0 aliphatic carbocycles. The second kappa shape index (κ2) is 9.94. The molecular formula is C28H29N5O4S. The molecule has 4 heterocycles. The number of aromatic nitrogens is 1. The molecule has 3 N–H and O–H groups in total. The lowest BCUT2D eigenvalue weighted by atomic mass is 9.98. The molecule has 3 aliphatic rings. The summed E-state index contributed by atoms with van der Waals surface area (Å²) in [5.74, 6) is 1.25. The Balaban J connectivity index is 1.25. The zero-order valence-corrected chi connectivity index (χ0v) is 21.9. The van der Waals surface area contributed by atoms with Crippen LogP contribution in [0.5, 0.6) is 11.5 Å². The number of nitrogens with zero attached hydrogens (tertiary/aromatic N) is 3. The molecule has 1 fully saturated rings. The third-order valence-corrected chi connectivity index (χ3v) is 8.40. The van der Waals surface area contributed by atoms with E-state index in [2.05, 4.69) is 15.6 Å². The molecule has 196 valence electrons. The number of likely N-dealkylation sites (tertiary alicyclic amines) is 1. The Labute approximate surface area is 225 Å². The fourth-order valence-electron chi connectivity index (χ4n) is 5.51. The number of rotatable bonds is 5. The molecule has 0 saturated carbocycles.